The molecule has 2 aromatic rings. The Balaban J connectivity index is 2.08. The van der Waals surface area contributed by atoms with Gasteiger partial charge >= 0.3 is 0 Å². The summed E-state index contributed by atoms with van der Waals surface area (Å²) in [5.74, 6) is 1.50. The van der Waals surface area contributed by atoms with E-state index in [0.717, 1.165) is 22.7 Å². The molecule has 2 rings (SSSR count). The first-order chi connectivity index (χ1) is 13.5. The van der Waals surface area contributed by atoms with Crippen molar-refractivity contribution in [2.24, 2.45) is 4.99 Å². The lowest BCUT2D eigenvalue weighted by Gasteiger charge is -2.25. The zero-order valence-electron chi connectivity index (χ0n) is 16.8. The topological polar surface area (TPSA) is 69.1 Å². The zero-order valence-corrected chi connectivity index (χ0v) is 18.3. The normalized spacial score (nSPS) is 14.0. The van der Waals surface area contributed by atoms with E-state index in [0.29, 0.717) is 23.4 Å². The van der Waals surface area contributed by atoms with Gasteiger partial charge in [-0.05, 0) is 39.2 Å². The summed E-state index contributed by atoms with van der Waals surface area (Å²) in [4.78, 5) is 7.67. The number of benzene rings is 1. The number of para-hydroxylation sites is 1. The number of likely N-dealkylation sites (N-methyl/N-ethyl adjacent to an activating group) is 1. The van der Waals surface area contributed by atoms with Gasteiger partial charge in [0.1, 0.15) is 11.9 Å². The lowest BCUT2D eigenvalue weighted by atomic mass is 10.0. The van der Waals surface area contributed by atoms with Gasteiger partial charge in [0.25, 0.3) is 0 Å². The molecule has 0 amide bonds. The standard InChI is InChI=1S/C20H29ClN4O2S/c1-5-22-20(24-13-16(26)18-10-11-19(21)28-18)23-12-15(25(2)3)14-8-6-7-9-17(14)27-4/h6-11,15-16,26H,5,12-13H2,1-4H3,(H2,22,23,24). The third-order valence-electron chi connectivity index (χ3n) is 4.27. The van der Waals surface area contributed by atoms with E-state index >= 15 is 0 Å². The van der Waals surface area contributed by atoms with E-state index in [1.807, 2.05) is 45.3 Å². The van der Waals surface area contributed by atoms with Crippen molar-refractivity contribution in [1.82, 2.24) is 15.5 Å². The second-order valence-electron chi connectivity index (χ2n) is 6.48. The average molecular weight is 425 g/mol. The van der Waals surface area contributed by atoms with Crippen LogP contribution in [-0.2, 0) is 0 Å². The quantitative estimate of drug-likeness (QED) is 0.425. The van der Waals surface area contributed by atoms with Crippen LogP contribution < -0.4 is 15.4 Å². The summed E-state index contributed by atoms with van der Waals surface area (Å²) < 4.78 is 6.18. The summed E-state index contributed by atoms with van der Waals surface area (Å²) in [6.07, 6.45) is -0.639. The van der Waals surface area contributed by atoms with E-state index < -0.39 is 6.10 Å². The van der Waals surface area contributed by atoms with Crippen LogP contribution in [0.5, 0.6) is 5.75 Å². The Bertz CT molecular complexity index is 766. The molecule has 1 aromatic heterocycles. The number of nitrogens with zero attached hydrogens (tertiary/aromatic N) is 2. The highest BCUT2D eigenvalue weighted by molar-refractivity contribution is 7.16. The van der Waals surface area contributed by atoms with E-state index in [9.17, 15) is 5.11 Å². The fraction of sp³-hybridized carbons (Fsp3) is 0.450. The number of hydrogen-bond acceptors (Lipinski definition) is 5. The Morgan fingerprint density at radius 3 is 2.61 bits per heavy atom. The zero-order chi connectivity index (χ0) is 20.5. The molecule has 6 nitrogen and oxygen atoms in total. The first-order valence-corrected chi connectivity index (χ1v) is 10.4. The molecule has 0 saturated carbocycles. The SMILES string of the molecule is CCNC(=NCC(c1ccccc1OC)N(C)C)NCC(O)c1ccc(Cl)s1. The van der Waals surface area contributed by atoms with Gasteiger partial charge < -0.3 is 25.4 Å². The van der Waals surface area contributed by atoms with Crippen LogP contribution in [0.4, 0.5) is 0 Å². The lowest BCUT2D eigenvalue weighted by molar-refractivity contribution is 0.184. The molecule has 0 radical (unpaired) electrons. The highest BCUT2D eigenvalue weighted by Crippen LogP contribution is 2.28. The van der Waals surface area contributed by atoms with Gasteiger partial charge in [0.15, 0.2) is 5.96 Å². The van der Waals surface area contributed by atoms with E-state index in [1.54, 1.807) is 13.2 Å². The van der Waals surface area contributed by atoms with Crippen LogP contribution in [0.15, 0.2) is 41.4 Å². The fourth-order valence-electron chi connectivity index (χ4n) is 2.80. The molecule has 0 bridgehead atoms. The van der Waals surface area contributed by atoms with Crippen LogP contribution in [0.3, 0.4) is 0 Å². The Morgan fingerprint density at radius 2 is 2.00 bits per heavy atom. The maximum atomic E-state index is 10.3. The second-order valence-corrected chi connectivity index (χ2v) is 8.23. The molecule has 0 aliphatic heterocycles. The van der Waals surface area contributed by atoms with Gasteiger partial charge in [-0.2, -0.15) is 0 Å². The third kappa shape index (κ3) is 6.38. The molecule has 154 valence electrons. The number of ether oxygens (including phenoxy) is 1. The number of aliphatic hydroxyl groups excluding tert-OH is 1. The van der Waals surface area contributed by atoms with Crippen LogP contribution in [0, 0.1) is 0 Å². The number of aliphatic hydroxyl groups is 1. The second kappa shape index (κ2) is 11.3. The summed E-state index contributed by atoms with van der Waals surface area (Å²) in [5.41, 5.74) is 1.09. The highest BCUT2D eigenvalue weighted by atomic mass is 35.5. The van der Waals surface area contributed by atoms with E-state index in [-0.39, 0.29) is 6.04 Å². The number of hydrogen-bond donors (Lipinski definition) is 3. The maximum absolute atomic E-state index is 10.3. The van der Waals surface area contributed by atoms with E-state index in [1.165, 1.54) is 11.3 Å². The van der Waals surface area contributed by atoms with Crippen molar-refractivity contribution in [3.63, 3.8) is 0 Å². The van der Waals surface area contributed by atoms with Crippen LogP contribution >= 0.6 is 22.9 Å². The molecule has 0 aliphatic rings. The van der Waals surface area contributed by atoms with Crippen molar-refractivity contribution in [3.8, 4) is 5.75 Å². The summed E-state index contributed by atoms with van der Waals surface area (Å²) in [5, 5.41) is 16.8. The number of methoxy groups -OCH3 is 1. The molecule has 1 heterocycles. The Labute approximate surface area is 176 Å². The fourth-order valence-corrected chi connectivity index (χ4v) is 3.85. The molecular formula is C20H29ClN4O2S. The van der Waals surface area contributed by atoms with Crippen molar-refractivity contribution >= 4 is 28.9 Å². The maximum Gasteiger partial charge on any atom is 0.191 e. The lowest BCUT2D eigenvalue weighted by Crippen LogP contribution is -2.40. The number of guanidine groups is 1. The molecule has 2 atom stereocenters. The number of rotatable bonds is 9. The minimum absolute atomic E-state index is 0.0626. The minimum atomic E-state index is -0.639. The molecule has 1 aromatic carbocycles. The molecule has 2 unspecified atom stereocenters. The summed E-state index contributed by atoms with van der Waals surface area (Å²) >= 11 is 7.33. The third-order valence-corrected chi connectivity index (χ3v) is 5.61. The van der Waals surface area contributed by atoms with Crippen molar-refractivity contribution in [1.29, 1.82) is 0 Å². The van der Waals surface area contributed by atoms with Gasteiger partial charge in [-0.25, -0.2) is 0 Å². The largest absolute Gasteiger partial charge is 0.496 e. The predicted octanol–water partition coefficient (Wildman–Crippen LogP) is 3.30. The molecule has 3 N–H and O–H groups in total. The van der Waals surface area contributed by atoms with Crippen molar-refractivity contribution in [3.05, 3.63) is 51.2 Å². The van der Waals surface area contributed by atoms with Crippen LogP contribution in [0.25, 0.3) is 0 Å². The van der Waals surface area contributed by atoms with Gasteiger partial charge in [0.05, 0.1) is 24.0 Å². The molecule has 0 spiro atoms. The van der Waals surface area contributed by atoms with E-state index in [4.69, 9.17) is 21.3 Å². The van der Waals surface area contributed by atoms with Gasteiger partial charge in [-0.1, -0.05) is 29.8 Å². The van der Waals surface area contributed by atoms with Crippen LogP contribution in [-0.4, -0.2) is 56.8 Å². The minimum Gasteiger partial charge on any atom is -0.496 e. The monoisotopic (exact) mass is 424 g/mol. The summed E-state index contributed by atoms with van der Waals surface area (Å²) in [6, 6.07) is 11.7. The molecule has 8 heteroatoms. The van der Waals surface area contributed by atoms with Crippen molar-refractivity contribution < 1.29 is 9.84 Å². The first kappa shape index (κ1) is 22.5. The van der Waals surface area contributed by atoms with Gasteiger partial charge in [0, 0.05) is 23.5 Å². The van der Waals surface area contributed by atoms with Crippen molar-refractivity contribution in [2.75, 3.05) is 40.8 Å². The van der Waals surface area contributed by atoms with E-state index in [2.05, 4.69) is 21.6 Å². The smallest absolute Gasteiger partial charge is 0.191 e. The first-order valence-electron chi connectivity index (χ1n) is 9.21. The van der Waals surface area contributed by atoms with Crippen molar-refractivity contribution in [2.45, 2.75) is 19.1 Å². The summed E-state index contributed by atoms with van der Waals surface area (Å²) in [6.45, 7) is 3.64. The number of halogens is 1. The summed E-state index contributed by atoms with van der Waals surface area (Å²) in [7, 11) is 5.73. The van der Waals surface area contributed by atoms with Crippen LogP contribution in [0.1, 0.15) is 29.5 Å². The van der Waals surface area contributed by atoms with Crippen LogP contribution in [0.2, 0.25) is 4.34 Å². The van der Waals surface area contributed by atoms with Gasteiger partial charge in [0.2, 0.25) is 0 Å². The predicted molar refractivity (Wildman–Crippen MR) is 118 cm³/mol. The molecule has 0 fully saturated rings. The Kier molecular flexibility index (Phi) is 9.05. The van der Waals surface area contributed by atoms with Gasteiger partial charge in [-0.3, -0.25) is 4.99 Å². The number of thiophene rings is 1. The number of nitrogens with one attached hydrogen (secondary N) is 2. The molecule has 0 aliphatic carbocycles. The molecule has 0 saturated heterocycles. The molecule has 28 heavy (non-hydrogen) atoms. The highest BCUT2D eigenvalue weighted by Gasteiger charge is 2.18. The number of aliphatic imine (C=N–C) groups is 1. The Hall–Kier alpha value is -1.80. The molecular weight excluding hydrogens is 396 g/mol. The Morgan fingerprint density at radius 1 is 1.25 bits per heavy atom. The van der Waals surface area contributed by atoms with Gasteiger partial charge in [-0.15, -0.1) is 11.3 Å². The average Bonchev–Trinajstić information content (AvgIpc) is 3.12.